The van der Waals surface area contributed by atoms with Gasteiger partial charge in [-0.1, -0.05) is 23.7 Å². The summed E-state index contributed by atoms with van der Waals surface area (Å²) in [6.07, 6.45) is 2.35. The Bertz CT molecular complexity index is 447. The lowest BCUT2D eigenvalue weighted by Crippen LogP contribution is -2.33. The highest BCUT2D eigenvalue weighted by Gasteiger charge is 2.32. The van der Waals surface area contributed by atoms with Crippen LogP contribution in [0.4, 0.5) is 0 Å². The molecule has 1 aliphatic rings. The molecule has 1 unspecified atom stereocenters. The zero-order valence-corrected chi connectivity index (χ0v) is 12.6. The van der Waals surface area contributed by atoms with Gasteiger partial charge in [-0.25, -0.2) is 0 Å². The third-order valence-corrected chi connectivity index (χ3v) is 4.25. The first kappa shape index (κ1) is 15.3. The summed E-state index contributed by atoms with van der Waals surface area (Å²) in [6.45, 7) is 4.12. The summed E-state index contributed by atoms with van der Waals surface area (Å²) >= 11 is 5.92. The van der Waals surface area contributed by atoms with E-state index in [1.54, 1.807) is 0 Å². The third kappa shape index (κ3) is 3.97. The molecule has 0 aliphatic carbocycles. The third-order valence-electron chi connectivity index (χ3n) is 4.00. The number of hydrogen-bond acceptors (Lipinski definition) is 2. The maximum atomic E-state index is 11.2. The van der Waals surface area contributed by atoms with E-state index in [2.05, 4.69) is 13.8 Å². The van der Waals surface area contributed by atoms with Crippen LogP contribution in [0.25, 0.3) is 0 Å². The summed E-state index contributed by atoms with van der Waals surface area (Å²) in [5.41, 5.74) is 1.06. The van der Waals surface area contributed by atoms with E-state index in [0.717, 1.165) is 18.4 Å². The quantitative estimate of drug-likeness (QED) is 0.910. The van der Waals surface area contributed by atoms with E-state index in [-0.39, 0.29) is 24.5 Å². The lowest BCUT2D eigenvalue weighted by atomic mass is 9.76. The maximum Gasteiger partial charge on any atom is 0.303 e. The van der Waals surface area contributed by atoms with Crippen LogP contribution in [0, 0.1) is 5.92 Å². The molecule has 2 rings (SSSR count). The highest BCUT2D eigenvalue weighted by atomic mass is 35.5. The van der Waals surface area contributed by atoms with Crippen molar-refractivity contribution in [1.82, 2.24) is 0 Å². The summed E-state index contributed by atoms with van der Waals surface area (Å²) < 4.78 is 5.76. The van der Waals surface area contributed by atoms with Gasteiger partial charge in [0.05, 0.1) is 18.6 Å². The summed E-state index contributed by atoms with van der Waals surface area (Å²) in [6, 6.07) is 7.55. The summed E-state index contributed by atoms with van der Waals surface area (Å²) in [5.74, 6) is -0.388. The van der Waals surface area contributed by atoms with Gasteiger partial charge in [0.25, 0.3) is 0 Å². The molecule has 1 N–H and O–H groups in total. The van der Waals surface area contributed by atoms with E-state index in [1.165, 1.54) is 0 Å². The molecule has 1 heterocycles. The standard InChI is InChI=1S/C16H21ClO3/c1-10-7-13(8-11(2)20-10)15(9-16(18)19)12-3-5-14(17)6-4-12/h3-6,10-11,13,15H,7-9H2,1-2H3,(H,18,19)/t10-,11+,13?,15-/m0/s1. The number of carboxylic acids is 1. The number of carbonyl (C=O) groups is 1. The van der Waals surface area contributed by atoms with Gasteiger partial charge in [-0.3, -0.25) is 4.79 Å². The summed E-state index contributed by atoms with van der Waals surface area (Å²) in [5, 5.41) is 9.88. The molecule has 0 aromatic heterocycles. The van der Waals surface area contributed by atoms with Crippen molar-refractivity contribution in [2.75, 3.05) is 0 Å². The Morgan fingerprint density at radius 1 is 1.30 bits per heavy atom. The van der Waals surface area contributed by atoms with E-state index in [4.69, 9.17) is 16.3 Å². The Morgan fingerprint density at radius 2 is 1.85 bits per heavy atom. The van der Waals surface area contributed by atoms with E-state index in [1.807, 2.05) is 24.3 Å². The van der Waals surface area contributed by atoms with E-state index in [0.29, 0.717) is 10.9 Å². The monoisotopic (exact) mass is 296 g/mol. The van der Waals surface area contributed by atoms with Crippen LogP contribution in [-0.4, -0.2) is 23.3 Å². The first-order valence-electron chi connectivity index (χ1n) is 7.08. The molecule has 0 bridgehead atoms. The van der Waals surface area contributed by atoms with Crippen LogP contribution in [0.1, 0.15) is 44.6 Å². The lowest BCUT2D eigenvalue weighted by molar-refractivity contribution is -0.138. The number of carboxylic acid groups (broad SMARTS) is 1. The Hall–Kier alpha value is -1.06. The van der Waals surface area contributed by atoms with Gasteiger partial charge in [-0.15, -0.1) is 0 Å². The molecule has 1 saturated heterocycles. The van der Waals surface area contributed by atoms with Crippen molar-refractivity contribution in [3.8, 4) is 0 Å². The number of halogens is 1. The van der Waals surface area contributed by atoms with Crippen LogP contribution < -0.4 is 0 Å². The molecule has 1 aromatic carbocycles. The summed E-state index contributed by atoms with van der Waals surface area (Å²) in [4.78, 5) is 11.2. The van der Waals surface area contributed by atoms with Crippen molar-refractivity contribution in [1.29, 1.82) is 0 Å². The second-order valence-corrected chi connectivity index (χ2v) is 6.18. The van der Waals surface area contributed by atoms with Crippen LogP contribution in [0.5, 0.6) is 0 Å². The zero-order valence-electron chi connectivity index (χ0n) is 11.9. The fourth-order valence-corrected chi connectivity index (χ4v) is 3.37. The smallest absolute Gasteiger partial charge is 0.303 e. The average molecular weight is 297 g/mol. The van der Waals surface area contributed by atoms with E-state index in [9.17, 15) is 9.90 Å². The Labute approximate surface area is 124 Å². The highest BCUT2D eigenvalue weighted by Crippen LogP contribution is 2.38. The van der Waals surface area contributed by atoms with Gasteiger partial charge >= 0.3 is 5.97 Å². The molecular weight excluding hydrogens is 276 g/mol. The number of ether oxygens (including phenoxy) is 1. The van der Waals surface area contributed by atoms with Crippen molar-refractivity contribution in [3.63, 3.8) is 0 Å². The minimum absolute atomic E-state index is 0.0265. The predicted octanol–water partition coefficient (Wildman–Crippen LogP) is 4.10. The lowest BCUT2D eigenvalue weighted by Gasteiger charge is -2.36. The largest absolute Gasteiger partial charge is 0.481 e. The molecular formula is C16H21ClO3. The summed E-state index contributed by atoms with van der Waals surface area (Å²) in [7, 11) is 0. The van der Waals surface area contributed by atoms with Crippen molar-refractivity contribution >= 4 is 17.6 Å². The van der Waals surface area contributed by atoms with Crippen LogP contribution in [-0.2, 0) is 9.53 Å². The average Bonchev–Trinajstić information content (AvgIpc) is 2.35. The molecule has 4 heteroatoms. The Balaban J connectivity index is 2.22. The molecule has 1 fully saturated rings. The molecule has 110 valence electrons. The first-order valence-corrected chi connectivity index (χ1v) is 7.46. The van der Waals surface area contributed by atoms with Gasteiger partial charge in [0.15, 0.2) is 0 Å². The van der Waals surface area contributed by atoms with Crippen molar-refractivity contribution < 1.29 is 14.6 Å². The number of hydrogen-bond donors (Lipinski definition) is 1. The molecule has 20 heavy (non-hydrogen) atoms. The fraction of sp³-hybridized carbons (Fsp3) is 0.562. The van der Waals surface area contributed by atoms with Crippen LogP contribution in [0.2, 0.25) is 5.02 Å². The fourth-order valence-electron chi connectivity index (χ4n) is 3.24. The van der Waals surface area contributed by atoms with Gasteiger partial charge in [0.1, 0.15) is 0 Å². The number of benzene rings is 1. The van der Waals surface area contributed by atoms with Gasteiger partial charge in [-0.2, -0.15) is 0 Å². The second kappa shape index (κ2) is 6.59. The van der Waals surface area contributed by atoms with Crippen LogP contribution >= 0.6 is 11.6 Å². The van der Waals surface area contributed by atoms with E-state index >= 15 is 0 Å². The minimum atomic E-state index is -0.753. The van der Waals surface area contributed by atoms with Gasteiger partial charge < -0.3 is 9.84 Å². The van der Waals surface area contributed by atoms with Gasteiger partial charge in [-0.05, 0) is 56.2 Å². The highest BCUT2D eigenvalue weighted by molar-refractivity contribution is 6.30. The van der Waals surface area contributed by atoms with Crippen molar-refractivity contribution in [3.05, 3.63) is 34.9 Å². The maximum absolute atomic E-state index is 11.2. The number of aliphatic carboxylic acids is 1. The Morgan fingerprint density at radius 3 is 2.35 bits per heavy atom. The van der Waals surface area contributed by atoms with Gasteiger partial charge in [0.2, 0.25) is 0 Å². The topological polar surface area (TPSA) is 46.5 Å². The van der Waals surface area contributed by atoms with Crippen molar-refractivity contribution in [2.24, 2.45) is 5.92 Å². The molecule has 0 spiro atoms. The van der Waals surface area contributed by atoms with E-state index < -0.39 is 5.97 Å². The Kier molecular flexibility index (Phi) is 5.06. The normalized spacial score (nSPS) is 28.1. The molecule has 3 nitrogen and oxygen atoms in total. The molecule has 0 amide bonds. The second-order valence-electron chi connectivity index (χ2n) is 5.74. The van der Waals surface area contributed by atoms with Gasteiger partial charge in [0, 0.05) is 5.02 Å². The van der Waals surface area contributed by atoms with Crippen molar-refractivity contribution in [2.45, 2.75) is 51.2 Å². The first-order chi connectivity index (χ1) is 9.45. The molecule has 4 atom stereocenters. The van der Waals surface area contributed by atoms with Crippen LogP contribution in [0.3, 0.4) is 0 Å². The predicted molar refractivity (Wildman–Crippen MR) is 79.2 cm³/mol. The SMILES string of the molecule is C[C@@H]1CC([C@@H](CC(=O)O)c2ccc(Cl)cc2)C[C@H](C)O1. The molecule has 1 aliphatic heterocycles. The zero-order chi connectivity index (χ0) is 14.7. The molecule has 0 radical (unpaired) electrons. The van der Waals surface area contributed by atoms with Crippen LogP contribution in [0.15, 0.2) is 24.3 Å². The number of rotatable bonds is 4. The molecule has 0 saturated carbocycles. The molecule has 1 aromatic rings. The minimum Gasteiger partial charge on any atom is -0.481 e.